The van der Waals surface area contributed by atoms with E-state index in [-0.39, 0.29) is 40.4 Å². The maximum absolute atomic E-state index is 14.2. The van der Waals surface area contributed by atoms with Gasteiger partial charge < -0.3 is 4.52 Å². The van der Waals surface area contributed by atoms with Gasteiger partial charge in [0.25, 0.3) is 0 Å². The summed E-state index contributed by atoms with van der Waals surface area (Å²) in [5.74, 6) is -1.54. The summed E-state index contributed by atoms with van der Waals surface area (Å²) in [4.78, 5) is 29.3. The molecule has 0 unspecified atom stereocenters. The number of Topliss-reactive ketones (excluding diaryl/α,β-unsaturated/α-hetero) is 2. The summed E-state index contributed by atoms with van der Waals surface area (Å²) >= 11 is 0. The second kappa shape index (κ2) is 10.8. The Bertz CT molecular complexity index is 1350. The van der Waals surface area contributed by atoms with E-state index in [2.05, 4.69) is 15.2 Å². The Hall–Kier alpha value is -3.20. The summed E-state index contributed by atoms with van der Waals surface area (Å²) in [6, 6.07) is 5.06. The van der Waals surface area contributed by atoms with Crippen molar-refractivity contribution in [3.05, 3.63) is 59.6 Å². The number of benzene rings is 1. The highest BCUT2D eigenvalue weighted by atomic mass is 19.1. The van der Waals surface area contributed by atoms with Crippen LogP contribution in [0, 0.1) is 17.0 Å². The van der Waals surface area contributed by atoms with Crippen molar-refractivity contribution in [1.29, 1.82) is 0 Å². The number of hydrogen-bond donors (Lipinski definition) is 0. The van der Waals surface area contributed by atoms with Gasteiger partial charge in [-0.2, -0.15) is 5.10 Å². The lowest BCUT2D eigenvalue weighted by Crippen LogP contribution is -2.61. The van der Waals surface area contributed by atoms with Gasteiger partial charge in [-0.05, 0) is 36.0 Å². The van der Waals surface area contributed by atoms with Crippen molar-refractivity contribution in [2.24, 2.45) is 12.5 Å². The Kier molecular flexibility index (Phi) is 7.55. The summed E-state index contributed by atoms with van der Waals surface area (Å²) < 4.78 is 34.6. The molecule has 1 aromatic carbocycles. The van der Waals surface area contributed by atoms with E-state index in [1.807, 2.05) is 27.1 Å². The fourth-order valence-electron chi connectivity index (χ4n) is 6.31. The van der Waals surface area contributed by atoms with Crippen LogP contribution in [0.3, 0.4) is 0 Å². The van der Waals surface area contributed by atoms with Crippen molar-refractivity contribution in [3.8, 4) is 11.3 Å². The smallest absolute Gasteiger partial charge is 0.185 e. The van der Waals surface area contributed by atoms with E-state index in [1.165, 1.54) is 31.4 Å². The lowest BCUT2D eigenvalue weighted by atomic mass is 9.68. The fourth-order valence-corrected chi connectivity index (χ4v) is 6.31. The third-order valence-corrected chi connectivity index (χ3v) is 8.39. The van der Waals surface area contributed by atoms with Gasteiger partial charge in [0.05, 0.1) is 11.8 Å². The van der Waals surface area contributed by atoms with Crippen LogP contribution in [-0.2, 0) is 17.3 Å². The first-order valence-electron chi connectivity index (χ1n) is 13.7. The Labute approximate surface area is 227 Å². The van der Waals surface area contributed by atoms with Crippen molar-refractivity contribution in [1.82, 2.24) is 19.8 Å². The van der Waals surface area contributed by atoms with Crippen LogP contribution in [0.5, 0.6) is 0 Å². The SMILES string of the molecule is Cn1cc(C(C)(C)CC(=O)CC2(CC(=O)c3cc(-c4ccc(F)cc4F)on3)CN(C3CCCCC3)C2)cn1. The molecule has 9 heteroatoms. The lowest BCUT2D eigenvalue weighted by Gasteiger charge is -2.54. The molecule has 0 atom stereocenters. The Morgan fingerprint density at radius 2 is 1.85 bits per heavy atom. The molecule has 3 aromatic rings. The van der Waals surface area contributed by atoms with Gasteiger partial charge in [0.15, 0.2) is 11.5 Å². The third-order valence-electron chi connectivity index (χ3n) is 8.39. The standard InChI is InChI=1S/C30H36F2N4O3/c1-29(2,20-16-33-35(3)17-20)13-23(37)14-30(18-36(19-30)22-7-5-4-6-8-22)15-27(38)26-12-28(39-34-26)24-10-9-21(31)11-25(24)32/h9-12,16-17,22H,4-8,13-15,18-19H2,1-3H3. The lowest BCUT2D eigenvalue weighted by molar-refractivity contribution is -0.127. The van der Waals surface area contributed by atoms with E-state index in [1.54, 1.807) is 10.9 Å². The molecule has 1 saturated heterocycles. The molecule has 208 valence electrons. The van der Waals surface area contributed by atoms with Gasteiger partial charge >= 0.3 is 0 Å². The zero-order chi connectivity index (χ0) is 27.8. The first-order valence-corrected chi connectivity index (χ1v) is 13.7. The number of carbonyl (C=O) groups is 2. The summed E-state index contributed by atoms with van der Waals surface area (Å²) in [7, 11) is 1.86. The zero-order valence-electron chi connectivity index (χ0n) is 22.9. The van der Waals surface area contributed by atoms with Crippen molar-refractivity contribution >= 4 is 11.6 Å². The van der Waals surface area contributed by atoms with Crippen LogP contribution in [-0.4, -0.2) is 50.5 Å². The molecular weight excluding hydrogens is 502 g/mol. The predicted molar refractivity (Wildman–Crippen MR) is 142 cm³/mol. The Morgan fingerprint density at radius 1 is 1.10 bits per heavy atom. The maximum atomic E-state index is 14.2. The largest absolute Gasteiger partial charge is 0.355 e. The summed E-state index contributed by atoms with van der Waals surface area (Å²) in [6.07, 6.45) is 10.6. The van der Waals surface area contributed by atoms with Gasteiger partial charge in [-0.3, -0.25) is 19.2 Å². The first-order chi connectivity index (χ1) is 18.5. The van der Waals surface area contributed by atoms with Gasteiger partial charge in [0, 0.05) is 69.2 Å². The summed E-state index contributed by atoms with van der Waals surface area (Å²) in [6.45, 7) is 5.47. The van der Waals surface area contributed by atoms with Crippen molar-refractivity contribution < 1.29 is 22.9 Å². The van der Waals surface area contributed by atoms with Crippen LogP contribution in [0.25, 0.3) is 11.3 Å². The quantitative estimate of drug-likeness (QED) is 0.300. The highest BCUT2D eigenvalue weighted by molar-refractivity contribution is 5.96. The molecule has 0 bridgehead atoms. The van der Waals surface area contributed by atoms with Crippen LogP contribution >= 0.6 is 0 Å². The third kappa shape index (κ3) is 6.03. The van der Waals surface area contributed by atoms with Gasteiger partial charge in [0.1, 0.15) is 23.1 Å². The predicted octanol–water partition coefficient (Wildman–Crippen LogP) is 5.89. The Morgan fingerprint density at radius 3 is 2.51 bits per heavy atom. The second-order valence-corrected chi connectivity index (χ2v) is 12.2. The monoisotopic (exact) mass is 538 g/mol. The normalized spacial score (nSPS) is 18.2. The molecule has 3 heterocycles. The molecule has 39 heavy (non-hydrogen) atoms. The number of likely N-dealkylation sites (tertiary alicyclic amines) is 1. The van der Waals surface area contributed by atoms with Gasteiger partial charge in [0.2, 0.25) is 0 Å². The molecule has 1 saturated carbocycles. The molecule has 2 aliphatic rings. The van der Waals surface area contributed by atoms with Crippen molar-refractivity contribution in [2.45, 2.75) is 76.7 Å². The number of hydrogen-bond acceptors (Lipinski definition) is 6. The molecule has 0 spiro atoms. The number of rotatable bonds is 10. The van der Waals surface area contributed by atoms with Gasteiger partial charge in [-0.15, -0.1) is 0 Å². The minimum atomic E-state index is -0.787. The molecule has 7 nitrogen and oxygen atoms in total. The van der Waals surface area contributed by atoms with Gasteiger partial charge in [-0.1, -0.05) is 38.3 Å². The highest BCUT2D eigenvalue weighted by Crippen LogP contribution is 2.43. The van der Waals surface area contributed by atoms with Crippen molar-refractivity contribution in [2.75, 3.05) is 13.1 Å². The van der Waals surface area contributed by atoms with Crippen LogP contribution < -0.4 is 0 Å². The Balaban J connectivity index is 1.31. The number of halogens is 2. The molecule has 2 fully saturated rings. The van der Waals surface area contributed by atoms with Crippen LogP contribution in [0.2, 0.25) is 0 Å². The fraction of sp³-hybridized carbons (Fsp3) is 0.533. The van der Waals surface area contributed by atoms with E-state index in [0.717, 1.165) is 30.5 Å². The summed E-state index contributed by atoms with van der Waals surface area (Å²) in [5, 5.41) is 8.15. The molecule has 0 N–H and O–H groups in total. The van der Waals surface area contributed by atoms with Crippen LogP contribution in [0.15, 0.2) is 41.2 Å². The minimum absolute atomic E-state index is 0.0394. The van der Waals surface area contributed by atoms with E-state index in [9.17, 15) is 18.4 Å². The number of nitrogens with zero attached hydrogens (tertiary/aromatic N) is 4. The number of aromatic nitrogens is 3. The number of carbonyl (C=O) groups excluding carboxylic acids is 2. The number of aryl methyl sites for hydroxylation is 1. The average molecular weight is 539 g/mol. The molecule has 0 radical (unpaired) electrons. The molecule has 2 aromatic heterocycles. The molecule has 1 aliphatic heterocycles. The van der Waals surface area contributed by atoms with E-state index in [4.69, 9.17) is 4.52 Å². The van der Waals surface area contributed by atoms with E-state index >= 15 is 0 Å². The molecule has 1 aliphatic carbocycles. The first kappa shape index (κ1) is 27.4. The zero-order valence-corrected chi connectivity index (χ0v) is 22.9. The topological polar surface area (TPSA) is 81.2 Å². The van der Waals surface area contributed by atoms with Gasteiger partial charge in [-0.25, -0.2) is 8.78 Å². The van der Waals surface area contributed by atoms with Crippen LogP contribution in [0.4, 0.5) is 8.78 Å². The molecule has 0 amide bonds. The van der Waals surface area contributed by atoms with Crippen molar-refractivity contribution in [3.63, 3.8) is 0 Å². The summed E-state index contributed by atoms with van der Waals surface area (Å²) in [5.41, 5.74) is 0.287. The van der Waals surface area contributed by atoms with Crippen LogP contribution in [0.1, 0.15) is 81.3 Å². The van der Waals surface area contributed by atoms with E-state index < -0.39 is 17.0 Å². The molecular formula is C30H36F2N4O3. The highest BCUT2D eigenvalue weighted by Gasteiger charge is 2.48. The minimum Gasteiger partial charge on any atom is -0.355 e. The molecule has 5 rings (SSSR count). The number of ketones is 2. The maximum Gasteiger partial charge on any atom is 0.185 e. The van der Waals surface area contributed by atoms with E-state index in [0.29, 0.717) is 32.0 Å². The average Bonchev–Trinajstić information content (AvgIpc) is 3.52. The second-order valence-electron chi connectivity index (χ2n) is 12.2.